The van der Waals surface area contributed by atoms with Crippen molar-refractivity contribution in [3.8, 4) is 11.5 Å². The van der Waals surface area contributed by atoms with Crippen LogP contribution in [0.5, 0.6) is 11.5 Å². The number of hydrogen-bond donors (Lipinski definition) is 2. The number of hydrogen-bond acceptors (Lipinski definition) is 5. The highest BCUT2D eigenvalue weighted by molar-refractivity contribution is 9.10. The average Bonchev–Trinajstić information content (AvgIpc) is 2.95. The quantitative estimate of drug-likeness (QED) is 0.467. The van der Waals surface area contributed by atoms with Crippen LogP contribution in [0.2, 0.25) is 0 Å². The highest BCUT2D eigenvalue weighted by Gasteiger charge is 2.35. The van der Waals surface area contributed by atoms with E-state index in [0.717, 1.165) is 0 Å². The number of methoxy groups -OCH3 is 1. The Balaban J connectivity index is 1.83. The molecular formula is C20H16BrFN2O6. The van der Waals surface area contributed by atoms with Gasteiger partial charge in [-0.05, 0) is 41.5 Å². The first-order chi connectivity index (χ1) is 14.3. The molecule has 2 aromatic rings. The zero-order chi connectivity index (χ0) is 21.8. The fourth-order valence-electron chi connectivity index (χ4n) is 2.73. The molecule has 0 saturated carbocycles. The molecule has 0 aromatic heterocycles. The van der Waals surface area contributed by atoms with Gasteiger partial charge in [-0.25, -0.2) is 14.1 Å². The molecule has 3 rings (SSSR count). The van der Waals surface area contributed by atoms with Crippen LogP contribution in [0.1, 0.15) is 11.1 Å². The molecule has 2 aromatic carbocycles. The number of ether oxygens (including phenoxy) is 2. The molecule has 30 heavy (non-hydrogen) atoms. The van der Waals surface area contributed by atoms with E-state index >= 15 is 0 Å². The van der Waals surface area contributed by atoms with Crippen LogP contribution in [0.25, 0.3) is 6.08 Å². The third-order valence-electron chi connectivity index (χ3n) is 4.12. The normalized spacial score (nSPS) is 14.8. The highest BCUT2D eigenvalue weighted by Crippen LogP contribution is 2.35. The van der Waals surface area contributed by atoms with Crippen molar-refractivity contribution in [1.29, 1.82) is 0 Å². The van der Waals surface area contributed by atoms with Crippen LogP contribution < -0.4 is 14.8 Å². The van der Waals surface area contributed by atoms with Gasteiger partial charge in [-0.15, -0.1) is 0 Å². The van der Waals surface area contributed by atoms with Crippen molar-refractivity contribution in [3.63, 3.8) is 0 Å². The first-order valence-electron chi connectivity index (χ1n) is 8.59. The summed E-state index contributed by atoms with van der Waals surface area (Å²) in [7, 11) is 1.44. The molecule has 0 bridgehead atoms. The monoisotopic (exact) mass is 478 g/mol. The van der Waals surface area contributed by atoms with E-state index in [2.05, 4.69) is 21.2 Å². The second-order valence-electron chi connectivity index (χ2n) is 6.22. The molecule has 1 aliphatic heterocycles. The Hall–Kier alpha value is -3.40. The number of rotatable bonds is 7. The number of amides is 3. The summed E-state index contributed by atoms with van der Waals surface area (Å²) in [6, 6.07) is 8.38. The molecule has 0 radical (unpaired) electrons. The first-order valence-corrected chi connectivity index (χ1v) is 9.39. The maximum Gasteiger partial charge on any atom is 0.329 e. The van der Waals surface area contributed by atoms with Crippen molar-refractivity contribution in [3.05, 3.63) is 63.5 Å². The number of carbonyl (C=O) groups is 3. The molecule has 1 saturated heterocycles. The molecule has 0 atom stereocenters. The number of nitrogens with zero attached hydrogens (tertiary/aromatic N) is 1. The zero-order valence-electron chi connectivity index (χ0n) is 15.6. The average molecular weight is 479 g/mol. The summed E-state index contributed by atoms with van der Waals surface area (Å²) in [4.78, 5) is 35.5. The van der Waals surface area contributed by atoms with E-state index in [1.54, 1.807) is 24.3 Å². The van der Waals surface area contributed by atoms with Gasteiger partial charge in [0.05, 0.1) is 7.11 Å². The Bertz CT molecular complexity index is 1060. The van der Waals surface area contributed by atoms with Crippen molar-refractivity contribution in [1.82, 2.24) is 10.2 Å². The van der Waals surface area contributed by atoms with E-state index in [4.69, 9.17) is 14.6 Å². The number of carboxylic acids is 1. The minimum atomic E-state index is -1.30. The van der Waals surface area contributed by atoms with Gasteiger partial charge in [0.15, 0.2) is 11.5 Å². The van der Waals surface area contributed by atoms with Crippen LogP contribution in [0.15, 0.2) is 46.6 Å². The predicted molar refractivity (Wildman–Crippen MR) is 107 cm³/mol. The van der Waals surface area contributed by atoms with E-state index in [0.29, 0.717) is 32.0 Å². The summed E-state index contributed by atoms with van der Waals surface area (Å²) in [5, 5.41) is 11.2. The summed E-state index contributed by atoms with van der Waals surface area (Å²) in [6.45, 7) is -0.626. The number of nitrogens with one attached hydrogen (secondary N) is 1. The minimum absolute atomic E-state index is 0.0718. The van der Waals surface area contributed by atoms with Crippen molar-refractivity contribution >= 4 is 39.9 Å². The van der Waals surface area contributed by atoms with Gasteiger partial charge in [0.2, 0.25) is 0 Å². The summed E-state index contributed by atoms with van der Waals surface area (Å²) in [6.07, 6.45) is 1.39. The standard InChI is InChI=1S/C20H16BrFN2O6/c1-29-16-7-12(6-15-19(27)24(9-18(25)26)20(28)23-15)14(21)8-17(16)30-10-11-3-2-4-13(22)5-11/h2-8H,9-10H2,1H3,(H,23,28)(H,25,26)/b15-6+. The van der Waals surface area contributed by atoms with Crippen molar-refractivity contribution in [2.45, 2.75) is 6.61 Å². The molecule has 8 nitrogen and oxygen atoms in total. The fourth-order valence-corrected chi connectivity index (χ4v) is 3.16. The summed E-state index contributed by atoms with van der Waals surface area (Å²) >= 11 is 3.37. The lowest BCUT2D eigenvalue weighted by atomic mass is 10.1. The molecule has 3 amide bonds. The maximum atomic E-state index is 13.3. The largest absolute Gasteiger partial charge is 0.493 e. The van der Waals surface area contributed by atoms with E-state index in [1.165, 1.54) is 25.3 Å². The topological polar surface area (TPSA) is 105 Å². The van der Waals surface area contributed by atoms with Crippen LogP contribution in [0.3, 0.4) is 0 Å². The minimum Gasteiger partial charge on any atom is -0.493 e. The van der Waals surface area contributed by atoms with E-state index in [1.807, 2.05) is 0 Å². The summed E-state index contributed by atoms with van der Waals surface area (Å²) in [5.41, 5.74) is 1.06. The van der Waals surface area contributed by atoms with Crippen molar-refractivity contribution in [2.75, 3.05) is 13.7 Å². The Labute approximate surface area is 179 Å². The Morgan fingerprint density at radius 1 is 1.27 bits per heavy atom. The SMILES string of the molecule is COc1cc(/C=C2/NC(=O)N(CC(=O)O)C2=O)c(Br)cc1OCc1cccc(F)c1. The molecule has 1 heterocycles. The molecule has 0 aliphatic carbocycles. The van der Waals surface area contributed by atoms with Crippen molar-refractivity contribution in [2.24, 2.45) is 0 Å². The summed E-state index contributed by atoms with van der Waals surface area (Å²) < 4.78 is 24.9. The zero-order valence-corrected chi connectivity index (χ0v) is 17.2. The highest BCUT2D eigenvalue weighted by atomic mass is 79.9. The number of carboxylic acid groups (broad SMARTS) is 1. The predicted octanol–water partition coefficient (Wildman–Crippen LogP) is 3.15. The second kappa shape index (κ2) is 8.95. The van der Waals surface area contributed by atoms with Gasteiger partial charge in [0.1, 0.15) is 24.7 Å². The third kappa shape index (κ3) is 4.77. The second-order valence-corrected chi connectivity index (χ2v) is 7.07. The molecule has 0 spiro atoms. The van der Waals surface area contributed by atoms with Crippen LogP contribution in [0.4, 0.5) is 9.18 Å². The van der Waals surface area contributed by atoms with Gasteiger partial charge in [0.25, 0.3) is 5.91 Å². The van der Waals surface area contributed by atoms with Crippen LogP contribution in [0, 0.1) is 5.82 Å². The Morgan fingerprint density at radius 3 is 2.70 bits per heavy atom. The number of benzene rings is 2. The Kier molecular flexibility index (Phi) is 6.36. The number of imide groups is 1. The van der Waals surface area contributed by atoms with Crippen LogP contribution >= 0.6 is 15.9 Å². The number of urea groups is 1. The van der Waals surface area contributed by atoms with E-state index < -0.39 is 24.5 Å². The molecule has 1 aliphatic rings. The molecule has 1 fully saturated rings. The molecule has 0 unspecified atom stereocenters. The summed E-state index contributed by atoms with van der Waals surface area (Å²) in [5.74, 6) is -1.70. The molecule has 10 heteroatoms. The van der Waals surface area contributed by atoms with Crippen LogP contribution in [-0.4, -0.2) is 41.6 Å². The van der Waals surface area contributed by atoms with Gasteiger partial charge in [-0.1, -0.05) is 28.1 Å². The third-order valence-corrected chi connectivity index (χ3v) is 4.81. The van der Waals surface area contributed by atoms with E-state index in [-0.39, 0.29) is 18.1 Å². The molecular weight excluding hydrogens is 463 g/mol. The number of carbonyl (C=O) groups excluding carboxylic acids is 2. The van der Waals surface area contributed by atoms with Gasteiger partial charge >= 0.3 is 12.0 Å². The fraction of sp³-hybridized carbons (Fsp3) is 0.150. The number of halogens is 2. The lowest BCUT2D eigenvalue weighted by Gasteiger charge is -2.13. The van der Waals surface area contributed by atoms with Gasteiger partial charge in [-0.3, -0.25) is 9.59 Å². The smallest absolute Gasteiger partial charge is 0.329 e. The maximum absolute atomic E-state index is 13.3. The number of aliphatic carboxylic acids is 1. The van der Waals surface area contributed by atoms with Crippen LogP contribution in [-0.2, 0) is 16.2 Å². The van der Waals surface area contributed by atoms with Gasteiger partial charge in [-0.2, -0.15) is 0 Å². The lowest BCUT2D eigenvalue weighted by molar-refractivity contribution is -0.140. The van der Waals surface area contributed by atoms with Gasteiger partial charge in [0, 0.05) is 4.47 Å². The molecule has 156 valence electrons. The first kappa shape index (κ1) is 21.3. The Morgan fingerprint density at radius 2 is 2.03 bits per heavy atom. The molecule has 2 N–H and O–H groups in total. The van der Waals surface area contributed by atoms with Gasteiger partial charge < -0.3 is 19.9 Å². The van der Waals surface area contributed by atoms with Crippen molar-refractivity contribution < 1.29 is 33.4 Å². The van der Waals surface area contributed by atoms with E-state index in [9.17, 15) is 18.8 Å². The lowest BCUT2D eigenvalue weighted by Crippen LogP contribution is -2.35.